The second-order valence-electron chi connectivity index (χ2n) is 3.86. The first-order valence-corrected chi connectivity index (χ1v) is 4.72. The number of carboxylic acid groups (broad SMARTS) is 2. The molecule has 1 atom stereocenters. The zero-order valence-corrected chi connectivity index (χ0v) is 8.91. The molecular formula is C9H11NO7. The van der Waals surface area contributed by atoms with Crippen molar-refractivity contribution >= 4 is 23.8 Å². The van der Waals surface area contributed by atoms with Crippen LogP contribution in [0.5, 0.6) is 0 Å². The van der Waals surface area contributed by atoms with E-state index in [-0.39, 0.29) is 0 Å². The fraction of sp³-hybridized carbons (Fsp3) is 0.556. The van der Waals surface area contributed by atoms with Gasteiger partial charge in [-0.1, -0.05) is 0 Å². The summed E-state index contributed by atoms with van der Waals surface area (Å²) in [5, 5.41) is 26.9. The second-order valence-corrected chi connectivity index (χ2v) is 3.86. The van der Waals surface area contributed by atoms with Crippen molar-refractivity contribution < 1.29 is 34.5 Å². The molecule has 17 heavy (non-hydrogen) atoms. The van der Waals surface area contributed by atoms with Crippen LogP contribution in [-0.4, -0.2) is 55.6 Å². The van der Waals surface area contributed by atoms with Crippen LogP contribution in [0, 0.1) is 0 Å². The number of carboxylic acids is 2. The van der Waals surface area contributed by atoms with Crippen molar-refractivity contribution in [3.63, 3.8) is 0 Å². The highest BCUT2D eigenvalue weighted by atomic mass is 16.4. The summed E-state index contributed by atoms with van der Waals surface area (Å²) in [5.74, 6) is -5.09. The Hall–Kier alpha value is -1.96. The Bertz CT molecular complexity index is 384. The number of likely N-dealkylation sites (tertiary alicyclic amines) is 1. The largest absolute Gasteiger partial charge is 0.480 e. The van der Waals surface area contributed by atoms with Crippen molar-refractivity contribution in [3.8, 4) is 0 Å². The molecule has 1 heterocycles. The SMILES string of the molecule is CC(C(=O)O)N1C(=O)CC(O)(C(=O)O)CC1=O. The number of nitrogens with zero attached hydrogens (tertiary/aromatic N) is 1. The molecule has 94 valence electrons. The fourth-order valence-electron chi connectivity index (χ4n) is 1.57. The number of carbonyl (C=O) groups excluding carboxylic acids is 2. The highest BCUT2D eigenvalue weighted by Gasteiger charge is 2.49. The van der Waals surface area contributed by atoms with Crippen molar-refractivity contribution in [2.75, 3.05) is 0 Å². The lowest BCUT2D eigenvalue weighted by molar-refractivity contribution is -0.178. The number of piperidine rings is 1. The Morgan fingerprint density at radius 3 is 1.94 bits per heavy atom. The molecular weight excluding hydrogens is 234 g/mol. The van der Waals surface area contributed by atoms with E-state index in [4.69, 9.17) is 10.2 Å². The number of rotatable bonds is 3. The topological polar surface area (TPSA) is 132 Å². The van der Waals surface area contributed by atoms with E-state index in [1.54, 1.807) is 0 Å². The molecule has 0 aliphatic carbocycles. The van der Waals surface area contributed by atoms with Gasteiger partial charge in [0.25, 0.3) is 0 Å². The van der Waals surface area contributed by atoms with Gasteiger partial charge in [0.05, 0.1) is 12.8 Å². The molecule has 8 nitrogen and oxygen atoms in total. The Morgan fingerprint density at radius 1 is 1.24 bits per heavy atom. The van der Waals surface area contributed by atoms with Gasteiger partial charge in [0, 0.05) is 0 Å². The molecule has 0 aromatic carbocycles. The van der Waals surface area contributed by atoms with Gasteiger partial charge in [-0.25, -0.2) is 9.59 Å². The van der Waals surface area contributed by atoms with Crippen LogP contribution in [0.2, 0.25) is 0 Å². The molecule has 8 heteroatoms. The molecule has 3 N–H and O–H groups in total. The maximum absolute atomic E-state index is 11.5. The Labute approximate surface area is 95.4 Å². The number of carbonyl (C=O) groups is 4. The number of aliphatic hydroxyl groups is 1. The van der Waals surface area contributed by atoms with Crippen LogP contribution < -0.4 is 0 Å². The van der Waals surface area contributed by atoms with Crippen LogP contribution in [0.25, 0.3) is 0 Å². The number of aliphatic carboxylic acids is 2. The summed E-state index contributed by atoms with van der Waals surface area (Å²) in [6.45, 7) is 1.13. The predicted molar refractivity (Wildman–Crippen MR) is 50.8 cm³/mol. The third kappa shape index (κ3) is 2.26. The quantitative estimate of drug-likeness (QED) is 0.511. The predicted octanol–water partition coefficient (Wildman–Crippen LogP) is -1.58. The van der Waals surface area contributed by atoms with Gasteiger partial charge in [-0.05, 0) is 6.92 Å². The first-order chi connectivity index (χ1) is 7.69. The molecule has 1 rings (SSSR count). The molecule has 1 aliphatic heterocycles. The maximum atomic E-state index is 11.5. The molecule has 0 aromatic rings. The standard InChI is InChI=1S/C9H11NO7/c1-4(7(13)14)10-5(11)2-9(17,8(15)16)3-6(10)12/h4,17H,2-3H2,1H3,(H,13,14)(H,15,16). The van der Waals surface area contributed by atoms with E-state index in [0.29, 0.717) is 4.90 Å². The average molecular weight is 245 g/mol. The summed E-state index contributed by atoms with van der Waals surface area (Å²) in [6, 6.07) is -1.38. The summed E-state index contributed by atoms with van der Waals surface area (Å²) in [5.41, 5.74) is -2.44. The van der Waals surface area contributed by atoms with Crippen LogP contribution in [0.1, 0.15) is 19.8 Å². The minimum atomic E-state index is -2.44. The van der Waals surface area contributed by atoms with E-state index >= 15 is 0 Å². The molecule has 0 radical (unpaired) electrons. The lowest BCUT2D eigenvalue weighted by atomic mass is 9.90. The van der Waals surface area contributed by atoms with Crippen LogP contribution in [0.3, 0.4) is 0 Å². The molecule has 0 bridgehead atoms. The van der Waals surface area contributed by atoms with Gasteiger partial charge in [0.2, 0.25) is 11.8 Å². The van der Waals surface area contributed by atoms with E-state index in [2.05, 4.69) is 0 Å². The second kappa shape index (κ2) is 4.13. The van der Waals surface area contributed by atoms with Crippen molar-refractivity contribution in [3.05, 3.63) is 0 Å². The van der Waals surface area contributed by atoms with Gasteiger partial charge in [-0.3, -0.25) is 14.5 Å². The van der Waals surface area contributed by atoms with Crippen molar-refractivity contribution in [2.24, 2.45) is 0 Å². The van der Waals surface area contributed by atoms with Crippen LogP contribution in [0.4, 0.5) is 0 Å². The summed E-state index contributed by atoms with van der Waals surface area (Å²) >= 11 is 0. The number of imide groups is 1. The summed E-state index contributed by atoms with van der Waals surface area (Å²) in [7, 11) is 0. The molecule has 1 unspecified atom stereocenters. The van der Waals surface area contributed by atoms with Crippen LogP contribution in [-0.2, 0) is 19.2 Å². The first-order valence-electron chi connectivity index (χ1n) is 4.72. The number of hydrogen-bond donors (Lipinski definition) is 3. The van der Waals surface area contributed by atoms with Crippen molar-refractivity contribution in [1.82, 2.24) is 4.90 Å². The highest BCUT2D eigenvalue weighted by Crippen LogP contribution is 2.25. The normalized spacial score (nSPS) is 21.2. The third-order valence-electron chi connectivity index (χ3n) is 2.57. The average Bonchev–Trinajstić information content (AvgIpc) is 2.15. The zero-order chi connectivity index (χ0) is 13.4. The lowest BCUT2D eigenvalue weighted by Gasteiger charge is -2.34. The van der Waals surface area contributed by atoms with E-state index in [0.717, 1.165) is 6.92 Å². The highest BCUT2D eigenvalue weighted by molar-refractivity contribution is 6.06. The van der Waals surface area contributed by atoms with Gasteiger partial charge in [-0.15, -0.1) is 0 Å². The van der Waals surface area contributed by atoms with E-state index in [9.17, 15) is 24.3 Å². The smallest absolute Gasteiger partial charge is 0.336 e. The van der Waals surface area contributed by atoms with E-state index in [1.165, 1.54) is 0 Å². The van der Waals surface area contributed by atoms with Crippen LogP contribution in [0.15, 0.2) is 0 Å². The van der Waals surface area contributed by atoms with E-state index in [1.807, 2.05) is 0 Å². The minimum Gasteiger partial charge on any atom is -0.480 e. The van der Waals surface area contributed by atoms with Gasteiger partial charge in [-0.2, -0.15) is 0 Å². The molecule has 0 saturated carbocycles. The Morgan fingerprint density at radius 2 is 1.65 bits per heavy atom. The molecule has 1 fully saturated rings. The summed E-state index contributed by atoms with van der Waals surface area (Å²) in [6.07, 6.45) is -1.63. The molecule has 0 aromatic heterocycles. The number of amides is 2. The van der Waals surface area contributed by atoms with Crippen molar-refractivity contribution in [2.45, 2.75) is 31.4 Å². The lowest BCUT2D eigenvalue weighted by Crippen LogP contribution is -2.58. The minimum absolute atomic E-state index is 0.458. The van der Waals surface area contributed by atoms with Crippen LogP contribution >= 0.6 is 0 Å². The molecule has 0 spiro atoms. The molecule has 1 aliphatic rings. The Balaban J connectivity index is 2.98. The summed E-state index contributed by atoms with van der Waals surface area (Å²) in [4.78, 5) is 44.8. The monoisotopic (exact) mass is 245 g/mol. The Kier molecular flexibility index (Phi) is 3.18. The molecule has 2 amide bonds. The fourth-order valence-corrected chi connectivity index (χ4v) is 1.57. The van der Waals surface area contributed by atoms with Gasteiger partial charge in [0.1, 0.15) is 6.04 Å². The van der Waals surface area contributed by atoms with Gasteiger partial charge < -0.3 is 15.3 Å². The summed E-state index contributed by atoms with van der Waals surface area (Å²) < 4.78 is 0. The maximum Gasteiger partial charge on any atom is 0.336 e. The third-order valence-corrected chi connectivity index (χ3v) is 2.57. The molecule has 1 saturated heterocycles. The van der Waals surface area contributed by atoms with Crippen molar-refractivity contribution in [1.29, 1.82) is 0 Å². The van der Waals surface area contributed by atoms with Gasteiger partial charge in [0.15, 0.2) is 5.60 Å². The van der Waals surface area contributed by atoms with E-state index < -0.39 is 48.2 Å². The number of hydrogen-bond acceptors (Lipinski definition) is 5. The zero-order valence-electron chi connectivity index (χ0n) is 8.91. The van der Waals surface area contributed by atoms with Gasteiger partial charge >= 0.3 is 11.9 Å². The first kappa shape index (κ1) is 13.1.